The molecule has 0 aromatic carbocycles. The molecule has 0 saturated carbocycles. The van der Waals surface area contributed by atoms with Gasteiger partial charge in [-0.3, -0.25) is 4.79 Å². The number of hydrogen-bond acceptors (Lipinski definition) is 5. The number of esters is 1. The van der Waals surface area contributed by atoms with E-state index in [1.165, 1.54) is 0 Å². The van der Waals surface area contributed by atoms with Crippen LogP contribution in [0, 0.1) is 0 Å². The quantitative estimate of drug-likeness (QED) is 0.605. The van der Waals surface area contributed by atoms with Crippen LogP contribution in [0.25, 0.3) is 0 Å². The van der Waals surface area contributed by atoms with E-state index in [0.717, 1.165) is 0 Å². The zero-order valence-corrected chi connectivity index (χ0v) is 11.3. The fourth-order valence-corrected chi connectivity index (χ4v) is 2.73. The number of carbonyl (C=O) groups excluding carboxylic acids is 1. The largest absolute Gasteiger partial charge is 0.466 e. The summed E-state index contributed by atoms with van der Waals surface area (Å²) in [5, 5.41) is 8.78. The van der Waals surface area contributed by atoms with Gasteiger partial charge in [-0.15, -0.1) is 0 Å². The van der Waals surface area contributed by atoms with Crippen molar-refractivity contribution < 1.29 is 23.1 Å². The van der Waals surface area contributed by atoms with Crippen molar-refractivity contribution in [2.75, 3.05) is 19.0 Å². The Balaban J connectivity index is 4.26. The molecule has 2 N–H and O–H groups in total. The third-order valence-corrected chi connectivity index (χ3v) is 3.65. The zero-order valence-electron chi connectivity index (χ0n) is 10.5. The molecule has 0 bridgehead atoms. The molecule has 0 radical (unpaired) electrons. The van der Waals surface area contributed by atoms with Crippen LogP contribution >= 0.6 is 0 Å². The van der Waals surface area contributed by atoms with Gasteiger partial charge in [0.2, 0.25) is 10.0 Å². The average Bonchev–Trinajstić information content (AvgIpc) is 2.13. The molecule has 6 nitrogen and oxygen atoms in total. The molecule has 0 rings (SSSR count). The van der Waals surface area contributed by atoms with Crippen molar-refractivity contribution in [1.82, 2.24) is 4.72 Å². The van der Waals surface area contributed by atoms with Gasteiger partial charge in [-0.1, -0.05) is 0 Å². The van der Waals surface area contributed by atoms with Crippen LogP contribution in [-0.4, -0.2) is 44.0 Å². The number of carbonyl (C=O) groups is 1. The van der Waals surface area contributed by atoms with Gasteiger partial charge < -0.3 is 9.84 Å². The highest BCUT2D eigenvalue weighted by Crippen LogP contribution is 2.09. The van der Waals surface area contributed by atoms with Crippen molar-refractivity contribution in [3.8, 4) is 0 Å². The van der Waals surface area contributed by atoms with E-state index < -0.39 is 21.5 Å². The number of sulfonamides is 1. The summed E-state index contributed by atoms with van der Waals surface area (Å²) in [6.07, 6.45) is 0.143. The van der Waals surface area contributed by atoms with Crippen molar-refractivity contribution in [3.05, 3.63) is 0 Å². The molecule has 0 heterocycles. The van der Waals surface area contributed by atoms with Crippen molar-refractivity contribution >= 4 is 16.0 Å². The van der Waals surface area contributed by atoms with E-state index in [1.807, 2.05) is 0 Å². The average molecular weight is 267 g/mol. The minimum Gasteiger partial charge on any atom is -0.466 e. The second-order valence-electron chi connectivity index (χ2n) is 4.33. The molecule has 0 atom stereocenters. The lowest BCUT2D eigenvalue weighted by atomic mass is 10.0. The lowest BCUT2D eigenvalue weighted by Crippen LogP contribution is -2.45. The van der Waals surface area contributed by atoms with Gasteiger partial charge in [0.15, 0.2) is 0 Å². The Morgan fingerprint density at radius 2 is 2.00 bits per heavy atom. The Labute approximate surface area is 102 Å². The van der Waals surface area contributed by atoms with E-state index in [1.54, 1.807) is 20.8 Å². The summed E-state index contributed by atoms with van der Waals surface area (Å²) < 4.78 is 30.3. The molecule has 7 heteroatoms. The topological polar surface area (TPSA) is 92.7 Å². The van der Waals surface area contributed by atoms with Crippen LogP contribution in [0.5, 0.6) is 0 Å². The summed E-state index contributed by atoms with van der Waals surface area (Å²) in [5.74, 6) is -0.835. The highest BCUT2D eigenvalue weighted by molar-refractivity contribution is 7.89. The summed E-state index contributed by atoms with van der Waals surface area (Å²) in [6, 6.07) is 0. The van der Waals surface area contributed by atoms with Gasteiger partial charge in [0.25, 0.3) is 0 Å². The Hall–Kier alpha value is -0.660. The van der Waals surface area contributed by atoms with Crippen LogP contribution in [0.3, 0.4) is 0 Å². The molecule has 17 heavy (non-hydrogen) atoms. The third-order valence-electron chi connectivity index (χ3n) is 2.05. The minimum absolute atomic E-state index is 0.104. The van der Waals surface area contributed by atoms with E-state index in [0.29, 0.717) is 6.42 Å². The fourth-order valence-electron chi connectivity index (χ4n) is 1.25. The summed E-state index contributed by atoms with van der Waals surface area (Å²) in [7, 11) is -3.54. The number of ether oxygens (including phenoxy) is 1. The highest BCUT2D eigenvalue weighted by Gasteiger charge is 2.24. The lowest BCUT2D eigenvalue weighted by Gasteiger charge is -2.24. The van der Waals surface area contributed by atoms with Gasteiger partial charge in [-0.25, -0.2) is 13.1 Å². The van der Waals surface area contributed by atoms with E-state index >= 15 is 0 Å². The first-order chi connectivity index (χ1) is 7.72. The molecule has 0 aromatic rings. The standard InChI is InChI=1S/C10H21NO5S/c1-4-16-9(13)5-8-17(14,15)11-10(2,3)6-7-12/h11-12H,4-8H2,1-3H3. The molecule has 0 unspecified atom stereocenters. The van der Waals surface area contributed by atoms with Crippen LogP contribution in [0.15, 0.2) is 0 Å². The summed E-state index contributed by atoms with van der Waals surface area (Å²) in [5.41, 5.74) is -0.720. The molecular weight excluding hydrogens is 246 g/mol. The van der Waals surface area contributed by atoms with E-state index in [-0.39, 0.29) is 25.4 Å². The first-order valence-corrected chi connectivity index (χ1v) is 7.16. The Bertz CT molecular complexity index is 337. The summed E-state index contributed by atoms with van der Waals surface area (Å²) >= 11 is 0. The fraction of sp³-hybridized carbons (Fsp3) is 0.900. The molecule has 0 aliphatic carbocycles. The van der Waals surface area contributed by atoms with Crippen molar-refractivity contribution in [1.29, 1.82) is 0 Å². The van der Waals surface area contributed by atoms with Crippen molar-refractivity contribution in [2.24, 2.45) is 0 Å². The van der Waals surface area contributed by atoms with Crippen LogP contribution < -0.4 is 4.72 Å². The van der Waals surface area contributed by atoms with Gasteiger partial charge in [0.05, 0.1) is 18.8 Å². The predicted molar refractivity (Wildman–Crippen MR) is 64.0 cm³/mol. The van der Waals surface area contributed by atoms with Crippen LogP contribution in [0.4, 0.5) is 0 Å². The Morgan fingerprint density at radius 1 is 1.41 bits per heavy atom. The molecular formula is C10H21NO5S. The van der Waals surface area contributed by atoms with Gasteiger partial charge >= 0.3 is 5.97 Å². The highest BCUT2D eigenvalue weighted by atomic mass is 32.2. The van der Waals surface area contributed by atoms with E-state index in [4.69, 9.17) is 5.11 Å². The number of nitrogens with one attached hydrogen (secondary N) is 1. The molecule has 0 fully saturated rings. The summed E-state index contributed by atoms with van der Waals surface area (Å²) in [4.78, 5) is 11.0. The van der Waals surface area contributed by atoms with Crippen LogP contribution in [0.1, 0.15) is 33.6 Å². The molecule has 0 aliphatic rings. The molecule has 0 saturated heterocycles. The van der Waals surface area contributed by atoms with Gasteiger partial charge in [0.1, 0.15) is 0 Å². The van der Waals surface area contributed by atoms with Crippen LogP contribution in [0.2, 0.25) is 0 Å². The van der Waals surface area contributed by atoms with Crippen molar-refractivity contribution in [2.45, 2.75) is 39.2 Å². The molecule has 0 amide bonds. The maximum absolute atomic E-state index is 11.6. The van der Waals surface area contributed by atoms with Crippen LogP contribution in [-0.2, 0) is 19.6 Å². The monoisotopic (exact) mass is 267 g/mol. The first-order valence-electron chi connectivity index (χ1n) is 5.50. The molecule has 0 aromatic heterocycles. The maximum Gasteiger partial charge on any atom is 0.306 e. The smallest absolute Gasteiger partial charge is 0.306 e. The predicted octanol–water partition coefficient (Wildman–Crippen LogP) is 0.0200. The minimum atomic E-state index is -3.54. The number of rotatable bonds is 8. The second kappa shape index (κ2) is 6.93. The molecule has 0 aliphatic heterocycles. The van der Waals surface area contributed by atoms with Gasteiger partial charge in [-0.05, 0) is 27.2 Å². The third kappa shape index (κ3) is 8.12. The second-order valence-corrected chi connectivity index (χ2v) is 6.18. The molecule has 0 spiro atoms. The number of hydrogen-bond donors (Lipinski definition) is 2. The lowest BCUT2D eigenvalue weighted by molar-refractivity contribution is -0.142. The maximum atomic E-state index is 11.6. The first kappa shape index (κ1) is 16.3. The van der Waals surface area contributed by atoms with Gasteiger partial charge in [-0.2, -0.15) is 0 Å². The van der Waals surface area contributed by atoms with E-state index in [2.05, 4.69) is 9.46 Å². The zero-order chi connectivity index (χ0) is 13.5. The van der Waals surface area contributed by atoms with Crippen molar-refractivity contribution in [3.63, 3.8) is 0 Å². The number of aliphatic hydroxyl groups is 1. The van der Waals surface area contributed by atoms with E-state index in [9.17, 15) is 13.2 Å². The van der Waals surface area contributed by atoms with Gasteiger partial charge in [0, 0.05) is 12.1 Å². The number of aliphatic hydroxyl groups excluding tert-OH is 1. The Morgan fingerprint density at radius 3 is 2.47 bits per heavy atom. The molecule has 102 valence electrons. The summed E-state index contributed by atoms with van der Waals surface area (Å²) in [6.45, 7) is 5.14. The normalized spacial score (nSPS) is 12.5. The SMILES string of the molecule is CCOC(=O)CCS(=O)(=O)NC(C)(C)CCO. The Kier molecular flexibility index (Phi) is 6.66.